The van der Waals surface area contributed by atoms with Crippen LogP contribution in [-0.4, -0.2) is 72.4 Å². The molecule has 8 nitrogen and oxygen atoms in total. The van der Waals surface area contributed by atoms with Crippen LogP contribution in [-0.2, 0) is 11.0 Å². The highest BCUT2D eigenvalue weighted by Crippen LogP contribution is 2.33. The minimum Gasteiger partial charge on any atom is -0.367 e. The molecule has 2 atom stereocenters. The van der Waals surface area contributed by atoms with E-state index in [4.69, 9.17) is 0 Å². The number of halogens is 3. The molecule has 208 valence electrons. The quantitative estimate of drug-likeness (QED) is 0.580. The first-order valence-electron chi connectivity index (χ1n) is 12.9. The van der Waals surface area contributed by atoms with Gasteiger partial charge in [-0.25, -0.2) is 0 Å². The van der Waals surface area contributed by atoms with E-state index < -0.39 is 28.8 Å². The van der Waals surface area contributed by atoms with E-state index >= 15 is 0 Å². The van der Waals surface area contributed by atoms with Gasteiger partial charge in [-0.05, 0) is 45.0 Å². The van der Waals surface area contributed by atoms with Gasteiger partial charge in [-0.2, -0.15) is 13.2 Å². The van der Waals surface area contributed by atoms with Crippen molar-refractivity contribution >= 4 is 23.2 Å². The van der Waals surface area contributed by atoms with Gasteiger partial charge in [0.1, 0.15) is 0 Å². The maximum Gasteiger partial charge on any atom is 0.417 e. The number of benzene rings is 1. The molecule has 3 heterocycles. The van der Waals surface area contributed by atoms with Crippen LogP contribution in [0.4, 0.5) is 24.5 Å². The molecule has 4 rings (SSSR count). The highest BCUT2D eigenvalue weighted by molar-refractivity contribution is 6.07. The van der Waals surface area contributed by atoms with Crippen molar-refractivity contribution in [3.63, 3.8) is 0 Å². The third kappa shape index (κ3) is 6.81. The molecule has 0 spiro atoms. The summed E-state index contributed by atoms with van der Waals surface area (Å²) >= 11 is 0. The summed E-state index contributed by atoms with van der Waals surface area (Å²) in [7, 11) is 2.02. The SMILES string of the molecule is CC(=O)N1CCCC(C#Cc2ccc(N3CCN(C)[C@@H](C)C3)c(NC(=O)c3c[nH]c(=O)cc3C(F)(F)F)c2)C1. The third-order valence-electron chi connectivity index (χ3n) is 7.31. The van der Waals surface area contributed by atoms with Crippen LogP contribution in [0, 0.1) is 17.8 Å². The number of hydrogen-bond donors (Lipinski definition) is 2. The van der Waals surface area contributed by atoms with Crippen molar-refractivity contribution in [1.82, 2.24) is 14.8 Å². The Hall–Kier alpha value is -3.78. The molecule has 0 bridgehead atoms. The molecule has 0 radical (unpaired) electrons. The van der Waals surface area contributed by atoms with Gasteiger partial charge in [0.25, 0.3) is 5.91 Å². The number of aromatic nitrogens is 1. The molecule has 0 aliphatic carbocycles. The number of anilines is 2. The van der Waals surface area contributed by atoms with E-state index in [-0.39, 0.29) is 17.9 Å². The third-order valence-corrected chi connectivity index (χ3v) is 7.31. The Bertz CT molecular complexity index is 1360. The molecule has 1 unspecified atom stereocenters. The van der Waals surface area contributed by atoms with Crippen molar-refractivity contribution in [2.24, 2.45) is 5.92 Å². The van der Waals surface area contributed by atoms with Crippen molar-refractivity contribution in [3.05, 3.63) is 57.5 Å². The molecule has 39 heavy (non-hydrogen) atoms. The smallest absolute Gasteiger partial charge is 0.367 e. The largest absolute Gasteiger partial charge is 0.417 e. The summed E-state index contributed by atoms with van der Waals surface area (Å²) in [4.78, 5) is 44.7. The number of likely N-dealkylation sites (tertiary alicyclic amines) is 1. The van der Waals surface area contributed by atoms with E-state index in [9.17, 15) is 27.6 Å². The number of rotatable bonds is 3. The molecule has 1 aromatic carbocycles. The summed E-state index contributed by atoms with van der Waals surface area (Å²) in [6, 6.07) is 5.92. The van der Waals surface area contributed by atoms with Gasteiger partial charge in [-0.3, -0.25) is 14.4 Å². The van der Waals surface area contributed by atoms with E-state index in [2.05, 4.69) is 38.9 Å². The van der Waals surface area contributed by atoms with Crippen LogP contribution in [0.15, 0.2) is 35.3 Å². The van der Waals surface area contributed by atoms with E-state index in [1.165, 1.54) is 6.92 Å². The number of piperazine rings is 1. The van der Waals surface area contributed by atoms with Gasteiger partial charge in [-0.15, -0.1) is 0 Å². The fourth-order valence-electron chi connectivity index (χ4n) is 4.91. The average Bonchev–Trinajstić information content (AvgIpc) is 2.89. The van der Waals surface area contributed by atoms with Crippen molar-refractivity contribution in [1.29, 1.82) is 0 Å². The number of nitrogens with one attached hydrogen (secondary N) is 2. The molecule has 2 aliphatic heterocycles. The number of piperidine rings is 1. The number of pyridine rings is 1. The molecule has 2 fully saturated rings. The van der Waals surface area contributed by atoms with Gasteiger partial charge in [0.2, 0.25) is 11.5 Å². The lowest BCUT2D eigenvalue weighted by Gasteiger charge is -2.39. The lowest BCUT2D eigenvalue weighted by Crippen LogP contribution is -2.50. The van der Waals surface area contributed by atoms with Gasteiger partial charge >= 0.3 is 6.18 Å². The molecule has 2 N–H and O–H groups in total. The Kier molecular flexibility index (Phi) is 8.35. The number of H-pyrrole nitrogens is 1. The molecule has 2 amide bonds. The Balaban J connectivity index is 1.67. The van der Waals surface area contributed by atoms with Crippen molar-refractivity contribution in [3.8, 4) is 11.8 Å². The van der Waals surface area contributed by atoms with Crippen LogP contribution in [0.1, 0.15) is 48.2 Å². The van der Waals surface area contributed by atoms with Crippen LogP contribution in [0.3, 0.4) is 0 Å². The summed E-state index contributed by atoms with van der Waals surface area (Å²) in [5.41, 5.74) is -1.34. The molecule has 2 aliphatic rings. The van der Waals surface area contributed by atoms with Gasteiger partial charge in [-0.1, -0.05) is 11.8 Å². The van der Waals surface area contributed by atoms with Crippen LogP contribution in [0.25, 0.3) is 0 Å². The highest BCUT2D eigenvalue weighted by Gasteiger charge is 2.36. The fraction of sp³-hybridized carbons (Fsp3) is 0.464. The summed E-state index contributed by atoms with van der Waals surface area (Å²) in [6.07, 6.45) is -2.37. The first-order valence-corrected chi connectivity index (χ1v) is 12.9. The Labute approximate surface area is 225 Å². The number of aromatic amines is 1. The lowest BCUT2D eigenvalue weighted by molar-refractivity contribution is -0.138. The number of amides is 2. The molecule has 2 saturated heterocycles. The molecule has 0 saturated carbocycles. The molecular formula is C28H32F3N5O3. The molecule has 2 aromatic rings. The van der Waals surface area contributed by atoms with Crippen LogP contribution in [0.2, 0.25) is 0 Å². The Morgan fingerprint density at radius 3 is 2.59 bits per heavy atom. The van der Waals surface area contributed by atoms with Crippen molar-refractivity contribution in [2.75, 3.05) is 50.0 Å². The molecule has 11 heteroatoms. The number of carbonyl (C=O) groups is 2. The number of carbonyl (C=O) groups excluding carboxylic acids is 2. The van der Waals surface area contributed by atoms with E-state index in [1.807, 2.05) is 19.2 Å². The van der Waals surface area contributed by atoms with Gasteiger partial charge in [0.05, 0.1) is 22.5 Å². The number of likely N-dealkylation sites (N-methyl/N-ethyl adjacent to an activating group) is 1. The van der Waals surface area contributed by atoms with Gasteiger partial charge < -0.3 is 25.0 Å². The van der Waals surface area contributed by atoms with Crippen LogP contribution < -0.4 is 15.8 Å². The first kappa shape index (κ1) is 28.2. The Morgan fingerprint density at radius 2 is 1.90 bits per heavy atom. The van der Waals surface area contributed by atoms with Crippen molar-refractivity contribution in [2.45, 2.75) is 38.9 Å². The average molecular weight is 544 g/mol. The number of alkyl halides is 3. The maximum absolute atomic E-state index is 13.6. The van der Waals surface area contributed by atoms with Gasteiger partial charge in [0, 0.05) is 69.4 Å². The second-order valence-electron chi connectivity index (χ2n) is 10.2. The van der Waals surface area contributed by atoms with E-state index in [1.54, 1.807) is 11.0 Å². The summed E-state index contributed by atoms with van der Waals surface area (Å²) in [5, 5.41) is 2.65. The van der Waals surface area contributed by atoms with E-state index in [0.717, 1.165) is 25.6 Å². The normalized spacial score (nSPS) is 20.3. The summed E-state index contributed by atoms with van der Waals surface area (Å²) in [5.74, 6) is 5.37. The topological polar surface area (TPSA) is 88.8 Å². The zero-order chi connectivity index (χ0) is 28.3. The van der Waals surface area contributed by atoms with Gasteiger partial charge in [0.15, 0.2) is 0 Å². The van der Waals surface area contributed by atoms with E-state index in [0.29, 0.717) is 49.2 Å². The second kappa shape index (κ2) is 11.5. The van der Waals surface area contributed by atoms with Crippen LogP contribution in [0.5, 0.6) is 0 Å². The molecular weight excluding hydrogens is 511 g/mol. The standard InChI is InChI=1S/C28H32F3N5O3/c1-18-16-36(12-11-34(18)3)25-9-8-20(6-7-21-5-4-10-35(17-21)19(2)37)13-24(25)33-27(39)22-15-32-26(38)14-23(22)28(29,30)31/h8-9,13-15,18,21H,4-5,10-12,16-17H2,1-3H3,(H,32,38)(H,33,39)/t18-,21?/m0/s1. The Morgan fingerprint density at radius 1 is 1.13 bits per heavy atom. The minimum atomic E-state index is -4.88. The number of nitrogens with zero attached hydrogens (tertiary/aromatic N) is 3. The fourth-order valence-corrected chi connectivity index (χ4v) is 4.91. The highest BCUT2D eigenvalue weighted by atomic mass is 19.4. The summed E-state index contributed by atoms with van der Waals surface area (Å²) < 4.78 is 40.8. The lowest BCUT2D eigenvalue weighted by atomic mass is 9.98. The second-order valence-corrected chi connectivity index (χ2v) is 10.2. The predicted octanol–water partition coefficient (Wildman–Crippen LogP) is 3.40. The maximum atomic E-state index is 13.6. The number of hydrogen-bond acceptors (Lipinski definition) is 5. The predicted molar refractivity (Wildman–Crippen MR) is 143 cm³/mol. The monoisotopic (exact) mass is 543 g/mol. The minimum absolute atomic E-state index is 0.00864. The zero-order valence-corrected chi connectivity index (χ0v) is 22.2. The molecule has 1 aromatic heterocycles. The van der Waals surface area contributed by atoms with Crippen molar-refractivity contribution < 1.29 is 22.8 Å². The summed E-state index contributed by atoms with van der Waals surface area (Å²) in [6.45, 7) is 7.00. The zero-order valence-electron chi connectivity index (χ0n) is 22.2. The first-order chi connectivity index (χ1) is 18.4. The van der Waals surface area contributed by atoms with Crippen LogP contribution >= 0.6 is 0 Å².